The lowest BCUT2D eigenvalue weighted by Gasteiger charge is -2.36. The number of aliphatic imine (C=N–C) groups is 1. The predicted octanol–water partition coefficient (Wildman–Crippen LogP) is 4.43. The summed E-state index contributed by atoms with van der Waals surface area (Å²) in [7, 11) is 1.40. The summed E-state index contributed by atoms with van der Waals surface area (Å²) in [4.78, 5) is 29.1. The van der Waals surface area contributed by atoms with Gasteiger partial charge in [0.25, 0.3) is 5.91 Å². The molecule has 0 fully saturated rings. The number of carbonyl (C=O) groups is 1. The molecule has 0 spiro atoms. The molecule has 4 rings (SSSR count). The molecule has 1 amide bonds. The average Bonchev–Trinajstić information content (AvgIpc) is 3.28. The van der Waals surface area contributed by atoms with Crippen molar-refractivity contribution in [3.05, 3.63) is 75.9 Å². The number of H-pyrrole nitrogens is 1. The molecule has 194 valence electrons. The van der Waals surface area contributed by atoms with E-state index >= 15 is 0 Å². The Morgan fingerprint density at radius 3 is 2.59 bits per heavy atom. The third-order valence-electron chi connectivity index (χ3n) is 6.09. The van der Waals surface area contributed by atoms with Crippen molar-refractivity contribution in [3.8, 4) is 11.1 Å². The lowest BCUT2D eigenvalue weighted by Crippen LogP contribution is -2.46. The number of nitrogens with one attached hydrogen (secondary N) is 1. The summed E-state index contributed by atoms with van der Waals surface area (Å²) in [5, 5.41) is 0.0426. The van der Waals surface area contributed by atoms with E-state index in [-0.39, 0.29) is 46.2 Å². The molecule has 5 N–H and O–H groups in total. The first-order chi connectivity index (χ1) is 17.4. The maximum atomic E-state index is 14.5. The second kappa shape index (κ2) is 9.85. The highest BCUT2D eigenvalue weighted by Crippen LogP contribution is 2.35. The SMILES string of the molecule is CN=C(C1=C(N)[C@H](C)N(C(=O)c2cc(F)cc(-c3c[nH]c(N)c3)c2Cl)CC1)c1cncc(C(F)(F)F)n1. The number of rotatable bonds is 4. The van der Waals surface area contributed by atoms with E-state index in [4.69, 9.17) is 23.1 Å². The molecule has 0 unspecified atom stereocenters. The van der Waals surface area contributed by atoms with Gasteiger partial charge in [0.2, 0.25) is 0 Å². The lowest BCUT2D eigenvalue weighted by atomic mass is 9.93. The molecule has 0 saturated heterocycles. The minimum atomic E-state index is -4.68. The number of aromatic nitrogens is 3. The summed E-state index contributed by atoms with van der Waals surface area (Å²) in [5.41, 5.74) is 12.4. The summed E-state index contributed by atoms with van der Waals surface area (Å²) in [6.07, 6.45) is -1.18. The zero-order valence-corrected chi connectivity index (χ0v) is 20.5. The molecule has 37 heavy (non-hydrogen) atoms. The standard InChI is InChI=1S/C24H22ClF4N7O/c1-11-21(31)14(22(32-2)17-9-33-10-18(35-17)24(27,28)29)3-4-36(11)23(37)16-7-13(26)6-15(20(16)25)12-5-19(30)34-8-12/h5-11,34H,3-4,30-31H2,1-2H3/t11-/m0/s1. The monoisotopic (exact) mass is 535 g/mol. The van der Waals surface area contributed by atoms with E-state index in [0.29, 0.717) is 23.2 Å². The molecular weight excluding hydrogens is 514 g/mol. The van der Waals surface area contributed by atoms with Gasteiger partial charge in [-0.2, -0.15) is 13.2 Å². The van der Waals surface area contributed by atoms with Gasteiger partial charge in [-0.25, -0.2) is 9.37 Å². The molecule has 1 aromatic carbocycles. The number of aromatic amines is 1. The van der Waals surface area contributed by atoms with E-state index < -0.39 is 29.6 Å². The number of benzene rings is 1. The van der Waals surface area contributed by atoms with Crippen molar-refractivity contribution in [1.29, 1.82) is 0 Å². The highest BCUT2D eigenvalue weighted by Gasteiger charge is 2.35. The predicted molar refractivity (Wildman–Crippen MR) is 131 cm³/mol. The van der Waals surface area contributed by atoms with Gasteiger partial charge in [0.15, 0.2) is 5.69 Å². The Kier molecular flexibility index (Phi) is 6.96. The summed E-state index contributed by atoms with van der Waals surface area (Å²) >= 11 is 6.52. The van der Waals surface area contributed by atoms with Crippen LogP contribution in [0.5, 0.6) is 0 Å². The zero-order valence-electron chi connectivity index (χ0n) is 19.7. The first-order valence-corrected chi connectivity index (χ1v) is 11.4. The summed E-state index contributed by atoms with van der Waals surface area (Å²) in [6.45, 7) is 1.78. The minimum absolute atomic E-state index is 0.0426. The van der Waals surface area contributed by atoms with E-state index in [9.17, 15) is 22.4 Å². The maximum absolute atomic E-state index is 14.5. The van der Waals surface area contributed by atoms with Crippen LogP contribution in [0.25, 0.3) is 11.1 Å². The number of halogens is 5. The number of alkyl halides is 3. The molecule has 0 bridgehead atoms. The van der Waals surface area contributed by atoms with Crippen LogP contribution in [0, 0.1) is 5.82 Å². The van der Waals surface area contributed by atoms with Crippen LogP contribution in [0.15, 0.2) is 53.1 Å². The molecule has 0 saturated carbocycles. The number of anilines is 1. The highest BCUT2D eigenvalue weighted by molar-refractivity contribution is 6.36. The normalized spacial score (nSPS) is 16.9. The molecule has 1 aliphatic rings. The van der Waals surface area contributed by atoms with Crippen LogP contribution in [0.1, 0.15) is 35.1 Å². The van der Waals surface area contributed by atoms with E-state index in [2.05, 4.69) is 19.9 Å². The van der Waals surface area contributed by atoms with Gasteiger partial charge in [0.05, 0.1) is 34.7 Å². The Morgan fingerprint density at radius 1 is 1.24 bits per heavy atom. The van der Waals surface area contributed by atoms with E-state index in [1.54, 1.807) is 19.2 Å². The highest BCUT2D eigenvalue weighted by atomic mass is 35.5. The van der Waals surface area contributed by atoms with Crippen molar-refractivity contribution in [3.63, 3.8) is 0 Å². The molecule has 0 radical (unpaired) electrons. The van der Waals surface area contributed by atoms with Gasteiger partial charge in [-0.15, -0.1) is 0 Å². The third kappa shape index (κ3) is 5.01. The zero-order chi connectivity index (χ0) is 27.1. The topological polar surface area (TPSA) is 126 Å². The number of nitrogens with two attached hydrogens (primary N) is 2. The Hall–Kier alpha value is -3.93. The lowest BCUT2D eigenvalue weighted by molar-refractivity contribution is -0.141. The van der Waals surface area contributed by atoms with E-state index in [0.717, 1.165) is 6.07 Å². The van der Waals surface area contributed by atoms with Crippen molar-refractivity contribution in [2.75, 3.05) is 19.3 Å². The molecule has 8 nitrogen and oxygen atoms in total. The third-order valence-corrected chi connectivity index (χ3v) is 6.50. The number of carbonyl (C=O) groups excluding carboxylic acids is 1. The summed E-state index contributed by atoms with van der Waals surface area (Å²) in [6, 6.07) is 3.11. The number of nitrogen functional groups attached to an aromatic ring is 1. The van der Waals surface area contributed by atoms with E-state index in [1.807, 2.05) is 0 Å². The molecule has 1 aliphatic heterocycles. The number of nitrogens with zero attached hydrogens (tertiary/aromatic N) is 4. The van der Waals surface area contributed by atoms with Gasteiger partial charge in [0.1, 0.15) is 17.3 Å². The van der Waals surface area contributed by atoms with Crippen molar-refractivity contribution in [2.45, 2.75) is 25.6 Å². The van der Waals surface area contributed by atoms with Crippen LogP contribution in [0.4, 0.5) is 23.4 Å². The fourth-order valence-electron chi connectivity index (χ4n) is 4.22. The van der Waals surface area contributed by atoms with Crippen LogP contribution in [-0.4, -0.2) is 51.1 Å². The molecule has 13 heteroatoms. The first-order valence-electron chi connectivity index (χ1n) is 11.0. The second-order valence-corrected chi connectivity index (χ2v) is 8.75. The molecule has 1 atom stereocenters. The van der Waals surface area contributed by atoms with Crippen LogP contribution in [0.2, 0.25) is 5.02 Å². The Balaban J connectivity index is 1.67. The van der Waals surface area contributed by atoms with Gasteiger partial charge in [-0.05, 0) is 31.5 Å². The smallest absolute Gasteiger partial charge is 0.400 e. The van der Waals surface area contributed by atoms with Crippen LogP contribution in [0.3, 0.4) is 0 Å². The number of amides is 1. The first kappa shape index (κ1) is 26.1. The fourth-order valence-corrected chi connectivity index (χ4v) is 4.52. The number of hydrogen-bond donors (Lipinski definition) is 3. The molecule has 3 aromatic rings. The quantitative estimate of drug-likeness (QED) is 0.336. The maximum Gasteiger partial charge on any atom is 0.434 e. The second-order valence-electron chi connectivity index (χ2n) is 8.38. The van der Waals surface area contributed by atoms with Crippen molar-refractivity contribution in [2.24, 2.45) is 10.7 Å². The van der Waals surface area contributed by atoms with Crippen LogP contribution < -0.4 is 11.5 Å². The minimum Gasteiger partial charge on any atom is -0.400 e. The molecule has 3 heterocycles. The Labute approximate surface area is 214 Å². The van der Waals surface area contributed by atoms with Gasteiger partial charge in [-0.3, -0.25) is 14.8 Å². The van der Waals surface area contributed by atoms with Crippen LogP contribution >= 0.6 is 11.6 Å². The summed E-state index contributed by atoms with van der Waals surface area (Å²) < 4.78 is 53.9. The van der Waals surface area contributed by atoms with Gasteiger partial charge < -0.3 is 21.4 Å². The van der Waals surface area contributed by atoms with Gasteiger partial charge in [0, 0.05) is 42.2 Å². The van der Waals surface area contributed by atoms with Crippen molar-refractivity contribution >= 4 is 29.0 Å². The number of hydrogen-bond acceptors (Lipinski definition) is 6. The molecule has 2 aromatic heterocycles. The Bertz CT molecular complexity index is 1430. The summed E-state index contributed by atoms with van der Waals surface area (Å²) in [5.74, 6) is -0.880. The van der Waals surface area contributed by atoms with Gasteiger partial charge >= 0.3 is 6.18 Å². The van der Waals surface area contributed by atoms with Crippen molar-refractivity contribution in [1.82, 2.24) is 19.9 Å². The van der Waals surface area contributed by atoms with Gasteiger partial charge in [-0.1, -0.05) is 11.6 Å². The van der Waals surface area contributed by atoms with E-state index in [1.165, 1.54) is 24.2 Å². The molecular formula is C24H22ClF4N7O. The average molecular weight is 536 g/mol. The largest absolute Gasteiger partial charge is 0.434 e. The fraction of sp³-hybridized carbons (Fsp3) is 0.250. The van der Waals surface area contributed by atoms with Crippen molar-refractivity contribution < 1.29 is 22.4 Å². The Morgan fingerprint density at radius 2 is 1.97 bits per heavy atom. The molecule has 0 aliphatic carbocycles. The van der Waals surface area contributed by atoms with Crippen LogP contribution in [-0.2, 0) is 6.18 Å².